The average molecular weight is 264 g/mol. The van der Waals surface area contributed by atoms with Crippen LogP contribution in [0, 0.1) is 18.3 Å². The van der Waals surface area contributed by atoms with Crippen LogP contribution in [0.2, 0.25) is 0 Å². The Balaban J connectivity index is 2.34. The smallest absolute Gasteiger partial charge is 0.152 e. The Morgan fingerprint density at radius 2 is 2.17 bits per heavy atom. The molecule has 1 aliphatic heterocycles. The third kappa shape index (κ3) is 2.49. The van der Waals surface area contributed by atoms with Gasteiger partial charge in [0.05, 0.1) is 22.8 Å². The number of rotatable bonds is 2. The van der Waals surface area contributed by atoms with Gasteiger partial charge in [0.15, 0.2) is 9.84 Å². The second-order valence-electron chi connectivity index (χ2n) is 5.14. The fourth-order valence-electron chi connectivity index (χ4n) is 2.34. The molecule has 1 N–H and O–H groups in total. The Labute approximate surface area is 108 Å². The molecule has 2 rings (SSSR count). The molecule has 0 aromatic heterocycles. The predicted octanol–water partition coefficient (Wildman–Crippen LogP) is 1.86. The van der Waals surface area contributed by atoms with Crippen molar-refractivity contribution >= 4 is 15.5 Å². The lowest BCUT2D eigenvalue weighted by molar-refractivity contribution is 0.573. The zero-order chi connectivity index (χ0) is 13.4. The van der Waals surface area contributed by atoms with Crippen LogP contribution in [0.4, 0.5) is 5.69 Å². The lowest BCUT2D eigenvalue weighted by Gasteiger charge is -2.27. The van der Waals surface area contributed by atoms with Gasteiger partial charge in [-0.15, -0.1) is 0 Å². The van der Waals surface area contributed by atoms with Crippen molar-refractivity contribution in [2.45, 2.75) is 25.8 Å². The molecule has 1 atom stereocenters. The zero-order valence-electron chi connectivity index (χ0n) is 10.5. The molecular formula is C13H16N2O2S. The fraction of sp³-hybridized carbons (Fsp3) is 0.462. The first-order chi connectivity index (χ1) is 8.35. The number of para-hydroxylation sites is 1. The normalized spacial score (nSPS) is 25.6. The number of nitriles is 1. The first kappa shape index (κ1) is 12.9. The molecule has 0 amide bonds. The summed E-state index contributed by atoms with van der Waals surface area (Å²) >= 11 is 0. The van der Waals surface area contributed by atoms with E-state index in [1.807, 2.05) is 26.0 Å². The van der Waals surface area contributed by atoms with Crippen molar-refractivity contribution in [2.24, 2.45) is 0 Å². The molecule has 0 bridgehead atoms. The minimum Gasteiger partial charge on any atom is -0.378 e. The lowest BCUT2D eigenvalue weighted by Crippen LogP contribution is -2.36. The summed E-state index contributed by atoms with van der Waals surface area (Å²) < 4.78 is 23.1. The molecule has 1 unspecified atom stereocenters. The van der Waals surface area contributed by atoms with Crippen molar-refractivity contribution in [1.82, 2.24) is 0 Å². The lowest BCUT2D eigenvalue weighted by atomic mass is 9.99. The van der Waals surface area contributed by atoms with Crippen LogP contribution in [-0.4, -0.2) is 25.5 Å². The predicted molar refractivity (Wildman–Crippen MR) is 71.2 cm³/mol. The maximum absolute atomic E-state index is 11.6. The second kappa shape index (κ2) is 4.29. The number of aryl methyl sites for hydroxylation is 1. The van der Waals surface area contributed by atoms with E-state index in [9.17, 15) is 8.42 Å². The van der Waals surface area contributed by atoms with Gasteiger partial charge in [0.1, 0.15) is 6.07 Å². The van der Waals surface area contributed by atoms with Crippen LogP contribution < -0.4 is 5.32 Å². The van der Waals surface area contributed by atoms with E-state index in [1.54, 1.807) is 6.07 Å². The van der Waals surface area contributed by atoms with Crippen molar-refractivity contribution in [3.63, 3.8) is 0 Å². The van der Waals surface area contributed by atoms with E-state index in [4.69, 9.17) is 5.26 Å². The van der Waals surface area contributed by atoms with Gasteiger partial charge in [0.25, 0.3) is 0 Å². The summed E-state index contributed by atoms with van der Waals surface area (Å²) in [4.78, 5) is 0. The van der Waals surface area contributed by atoms with Crippen LogP contribution >= 0.6 is 0 Å². The minimum atomic E-state index is -2.95. The number of sulfone groups is 1. The number of hydrogen-bond acceptors (Lipinski definition) is 4. The van der Waals surface area contributed by atoms with Gasteiger partial charge in [-0.05, 0) is 31.9 Å². The highest BCUT2D eigenvalue weighted by Gasteiger charge is 2.38. The summed E-state index contributed by atoms with van der Waals surface area (Å²) in [7, 11) is -2.95. The van der Waals surface area contributed by atoms with Crippen molar-refractivity contribution < 1.29 is 8.42 Å². The molecular weight excluding hydrogens is 248 g/mol. The van der Waals surface area contributed by atoms with Gasteiger partial charge in [-0.2, -0.15) is 5.26 Å². The van der Waals surface area contributed by atoms with E-state index in [1.165, 1.54) is 0 Å². The van der Waals surface area contributed by atoms with Crippen LogP contribution in [0.5, 0.6) is 0 Å². The largest absolute Gasteiger partial charge is 0.378 e. The summed E-state index contributed by atoms with van der Waals surface area (Å²) in [5.74, 6) is 0.337. The van der Waals surface area contributed by atoms with Gasteiger partial charge in [-0.1, -0.05) is 12.1 Å². The summed E-state index contributed by atoms with van der Waals surface area (Å²) in [6.07, 6.45) is 0.578. The van der Waals surface area contributed by atoms with E-state index in [-0.39, 0.29) is 11.5 Å². The molecule has 18 heavy (non-hydrogen) atoms. The molecule has 4 nitrogen and oxygen atoms in total. The number of hydrogen-bond donors (Lipinski definition) is 1. The zero-order valence-corrected chi connectivity index (χ0v) is 11.3. The Hall–Kier alpha value is -1.54. The summed E-state index contributed by atoms with van der Waals surface area (Å²) in [5.41, 5.74) is 1.79. The van der Waals surface area contributed by atoms with Gasteiger partial charge in [-0.25, -0.2) is 8.42 Å². The third-order valence-electron chi connectivity index (χ3n) is 3.32. The minimum absolute atomic E-state index is 0.124. The highest BCUT2D eigenvalue weighted by atomic mass is 32.2. The van der Waals surface area contributed by atoms with Crippen LogP contribution in [0.1, 0.15) is 24.5 Å². The van der Waals surface area contributed by atoms with E-state index in [2.05, 4.69) is 11.4 Å². The number of nitrogens with zero attached hydrogens (tertiary/aromatic N) is 1. The van der Waals surface area contributed by atoms with E-state index in [0.717, 1.165) is 11.3 Å². The monoisotopic (exact) mass is 264 g/mol. The first-order valence-corrected chi connectivity index (χ1v) is 7.66. The third-order valence-corrected chi connectivity index (χ3v) is 5.23. The van der Waals surface area contributed by atoms with Crippen molar-refractivity contribution in [2.75, 3.05) is 16.8 Å². The molecule has 0 aliphatic carbocycles. The van der Waals surface area contributed by atoms with E-state index in [0.29, 0.717) is 12.0 Å². The molecule has 0 saturated carbocycles. The Kier molecular flexibility index (Phi) is 3.07. The van der Waals surface area contributed by atoms with Crippen LogP contribution in [-0.2, 0) is 9.84 Å². The fourth-order valence-corrected chi connectivity index (χ4v) is 4.43. The SMILES string of the molecule is Cc1cccc(C#N)c1NC1(C)CCS(=O)(=O)C1. The van der Waals surface area contributed by atoms with Gasteiger partial charge in [0.2, 0.25) is 0 Å². The van der Waals surface area contributed by atoms with Gasteiger partial charge in [0, 0.05) is 5.54 Å². The quantitative estimate of drug-likeness (QED) is 0.885. The van der Waals surface area contributed by atoms with Gasteiger partial charge in [-0.3, -0.25) is 0 Å². The molecule has 0 radical (unpaired) electrons. The highest BCUT2D eigenvalue weighted by Crippen LogP contribution is 2.30. The summed E-state index contributed by atoms with van der Waals surface area (Å²) in [6, 6.07) is 7.61. The Morgan fingerprint density at radius 3 is 2.72 bits per heavy atom. The topological polar surface area (TPSA) is 70.0 Å². The van der Waals surface area contributed by atoms with Crippen LogP contribution in [0.3, 0.4) is 0 Å². The van der Waals surface area contributed by atoms with Gasteiger partial charge >= 0.3 is 0 Å². The summed E-state index contributed by atoms with van der Waals surface area (Å²) in [6.45, 7) is 3.81. The maximum Gasteiger partial charge on any atom is 0.152 e. The first-order valence-electron chi connectivity index (χ1n) is 5.84. The maximum atomic E-state index is 11.6. The van der Waals surface area contributed by atoms with E-state index < -0.39 is 15.4 Å². The second-order valence-corrected chi connectivity index (χ2v) is 7.32. The molecule has 1 aliphatic rings. The van der Waals surface area contributed by atoms with Crippen molar-refractivity contribution in [1.29, 1.82) is 5.26 Å². The Morgan fingerprint density at radius 1 is 1.44 bits per heavy atom. The molecule has 1 heterocycles. The Bertz CT molecular complexity index is 616. The van der Waals surface area contributed by atoms with Crippen molar-refractivity contribution in [3.05, 3.63) is 29.3 Å². The molecule has 0 spiro atoms. The number of benzene rings is 1. The number of nitrogens with one attached hydrogen (secondary N) is 1. The van der Waals surface area contributed by atoms with E-state index >= 15 is 0 Å². The van der Waals surface area contributed by atoms with Crippen LogP contribution in [0.15, 0.2) is 18.2 Å². The molecule has 5 heteroatoms. The molecule has 1 saturated heterocycles. The average Bonchev–Trinajstić information content (AvgIpc) is 2.56. The molecule has 1 aromatic rings. The molecule has 96 valence electrons. The number of anilines is 1. The van der Waals surface area contributed by atoms with Gasteiger partial charge < -0.3 is 5.32 Å². The summed E-state index contributed by atoms with van der Waals surface area (Å²) in [5, 5.41) is 12.4. The standard InChI is InChI=1S/C13H16N2O2S/c1-10-4-3-5-11(8-14)12(10)15-13(2)6-7-18(16,17)9-13/h3-5,15H,6-7,9H2,1-2H3. The van der Waals surface area contributed by atoms with Crippen LogP contribution in [0.25, 0.3) is 0 Å². The van der Waals surface area contributed by atoms with Crippen molar-refractivity contribution in [3.8, 4) is 6.07 Å². The highest BCUT2D eigenvalue weighted by molar-refractivity contribution is 7.91. The molecule has 1 aromatic carbocycles. The molecule has 1 fully saturated rings.